The molecule has 5 rings (SSSR count). The third kappa shape index (κ3) is 5.47. The number of nitrogens with one attached hydrogen (secondary N) is 1. The van der Waals surface area contributed by atoms with E-state index in [0.29, 0.717) is 33.3 Å². The van der Waals surface area contributed by atoms with Gasteiger partial charge >= 0.3 is 0 Å². The van der Waals surface area contributed by atoms with Gasteiger partial charge in [-0.25, -0.2) is 9.37 Å². The van der Waals surface area contributed by atoms with Crippen LogP contribution in [-0.4, -0.2) is 31.9 Å². The number of nitrogens with zero attached hydrogens (tertiary/aromatic N) is 1. The highest BCUT2D eigenvalue weighted by molar-refractivity contribution is 7.14. The summed E-state index contributed by atoms with van der Waals surface area (Å²) in [6.07, 6.45) is 3.07. The first-order valence-electron chi connectivity index (χ1n) is 11.3. The molecule has 0 saturated carbocycles. The Balaban J connectivity index is 1.31. The van der Waals surface area contributed by atoms with E-state index in [1.54, 1.807) is 25.3 Å². The number of thiazole rings is 1. The number of rotatable bonds is 7. The van der Waals surface area contributed by atoms with Crippen molar-refractivity contribution in [2.45, 2.75) is 6.61 Å². The average Bonchev–Trinajstić information content (AvgIpc) is 3.39. The van der Waals surface area contributed by atoms with Crippen molar-refractivity contribution in [2.24, 2.45) is 0 Å². The van der Waals surface area contributed by atoms with Crippen molar-refractivity contribution in [3.05, 3.63) is 83.0 Å². The minimum absolute atomic E-state index is 0.111. The molecule has 1 N–H and O–H groups in total. The number of hydrogen-bond acceptors (Lipinski definition) is 7. The van der Waals surface area contributed by atoms with Gasteiger partial charge in [0.1, 0.15) is 23.1 Å². The largest absolute Gasteiger partial charge is 0.497 e. The first-order valence-corrected chi connectivity index (χ1v) is 12.2. The molecule has 0 atom stereocenters. The van der Waals surface area contributed by atoms with Gasteiger partial charge in [-0.2, -0.15) is 0 Å². The van der Waals surface area contributed by atoms with Gasteiger partial charge in [-0.05, 0) is 54.1 Å². The lowest BCUT2D eigenvalue weighted by Crippen LogP contribution is -2.12. The molecule has 37 heavy (non-hydrogen) atoms. The molecule has 1 aromatic heterocycles. The highest BCUT2D eigenvalue weighted by Crippen LogP contribution is 2.38. The lowest BCUT2D eigenvalue weighted by atomic mass is 9.99. The molecule has 0 spiro atoms. The van der Waals surface area contributed by atoms with E-state index in [1.165, 1.54) is 36.7 Å². The van der Waals surface area contributed by atoms with Crippen LogP contribution in [0.3, 0.4) is 0 Å². The number of anilines is 1. The molecule has 1 amide bonds. The SMILES string of the molecule is COc1ccc(-c2csc(NC(=O)C=Cc3ccc(-c4cc(F)cc5c4OCOC5)cc3OC)n2)cc1. The molecule has 1 aliphatic heterocycles. The topological polar surface area (TPSA) is 78.9 Å². The summed E-state index contributed by atoms with van der Waals surface area (Å²) in [5.41, 5.74) is 4.37. The summed E-state index contributed by atoms with van der Waals surface area (Å²) in [7, 11) is 3.16. The van der Waals surface area contributed by atoms with E-state index >= 15 is 0 Å². The average molecular weight is 519 g/mol. The van der Waals surface area contributed by atoms with Crippen molar-refractivity contribution in [3.63, 3.8) is 0 Å². The standard InChI is InChI=1S/C28H23FN2O5S/c1-33-22-8-5-17(6-9-22)24-15-37-28(30-24)31-26(32)10-7-18-3-4-19(12-25(18)34-2)23-13-21(29)11-20-14-35-16-36-27(20)23/h3-13,15H,14,16H2,1-2H3,(H,30,31,32). The second-order valence-electron chi connectivity index (χ2n) is 8.10. The van der Waals surface area contributed by atoms with E-state index in [2.05, 4.69) is 10.3 Å². The van der Waals surface area contributed by atoms with Crippen LogP contribution >= 0.6 is 11.3 Å². The highest BCUT2D eigenvalue weighted by atomic mass is 32.1. The second-order valence-corrected chi connectivity index (χ2v) is 8.96. The smallest absolute Gasteiger partial charge is 0.250 e. The molecule has 0 aliphatic carbocycles. The summed E-state index contributed by atoms with van der Waals surface area (Å²) in [4.78, 5) is 17.0. The fourth-order valence-electron chi connectivity index (χ4n) is 3.95. The van der Waals surface area contributed by atoms with Gasteiger partial charge in [0.05, 0.1) is 26.5 Å². The molecule has 0 bridgehead atoms. The fourth-order valence-corrected chi connectivity index (χ4v) is 4.67. The van der Waals surface area contributed by atoms with Crippen LogP contribution in [0.25, 0.3) is 28.5 Å². The van der Waals surface area contributed by atoms with E-state index in [1.807, 2.05) is 35.7 Å². The van der Waals surface area contributed by atoms with Crippen molar-refractivity contribution in [1.82, 2.24) is 4.98 Å². The number of hydrogen-bond donors (Lipinski definition) is 1. The first-order chi connectivity index (χ1) is 18.0. The quantitative estimate of drug-likeness (QED) is 0.296. The molecule has 4 aromatic rings. The summed E-state index contributed by atoms with van der Waals surface area (Å²) in [5.74, 6) is 1.19. The molecule has 7 nitrogen and oxygen atoms in total. The number of fused-ring (bicyclic) bond motifs is 1. The number of methoxy groups -OCH3 is 2. The van der Waals surface area contributed by atoms with Crippen molar-refractivity contribution < 1.29 is 28.1 Å². The number of benzene rings is 3. The van der Waals surface area contributed by atoms with Crippen LogP contribution in [-0.2, 0) is 16.1 Å². The lowest BCUT2D eigenvalue weighted by molar-refractivity contribution is -0.111. The van der Waals surface area contributed by atoms with Crippen LogP contribution in [0.15, 0.2) is 66.1 Å². The van der Waals surface area contributed by atoms with Gasteiger partial charge in [-0.1, -0.05) is 12.1 Å². The Kier molecular flexibility index (Phi) is 7.16. The molecule has 1 aliphatic rings. The monoisotopic (exact) mass is 518 g/mol. The Labute approximate surface area is 217 Å². The summed E-state index contributed by atoms with van der Waals surface area (Å²) < 4.78 is 35.8. The van der Waals surface area contributed by atoms with Gasteiger partial charge in [-0.3, -0.25) is 10.1 Å². The molecule has 3 aromatic carbocycles. The third-order valence-corrected chi connectivity index (χ3v) is 6.51. The lowest BCUT2D eigenvalue weighted by Gasteiger charge is -2.21. The van der Waals surface area contributed by atoms with Crippen LogP contribution < -0.4 is 19.5 Å². The Morgan fingerprint density at radius 1 is 1.08 bits per heavy atom. The van der Waals surface area contributed by atoms with Crippen LogP contribution in [0.4, 0.5) is 9.52 Å². The summed E-state index contributed by atoms with van der Waals surface area (Å²) in [6, 6.07) is 15.8. The fraction of sp³-hybridized carbons (Fsp3) is 0.143. The van der Waals surface area contributed by atoms with Crippen LogP contribution in [0.5, 0.6) is 17.2 Å². The maximum absolute atomic E-state index is 14.2. The number of aromatic nitrogens is 1. The number of halogens is 1. The molecular weight excluding hydrogens is 495 g/mol. The van der Waals surface area contributed by atoms with Crippen molar-refractivity contribution >= 4 is 28.5 Å². The molecule has 9 heteroatoms. The zero-order valence-electron chi connectivity index (χ0n) is 20.1. The molecule has 188 valence electrons. The van der Waals surface area contributed by atoms with Crippen molar-refractivity contribution in [2.75, 3.05) is 26.3 Å². The predicted molar refractivity (Wildman–Crippen MR) is 140 cm³/mol. The maximum Gasteiger partial charge on any atom is 0.250 e. The molecule has 2 heterocycles. The van der Waals surface area contributed by atoms with Gasteiger partial charge in [0.25, 0.3) is 0 Å². The molecular formula is C28H23FN2O5S. The van der Waals surface area contributed by atoms with Gasteiger partial charge in [-0.15, -0.1) is 11.3 Å². The number of ether oxygens (including phenoxy) is 4. The summed E-state index contributed by atoms with van der Waals surface area (Å²) >= 11 is 1.34. The van der Waals surface area contributed by atoms with Gasteiger partial charge in [0.2, 0.25) is 5.91 Å². The predicted octanol–water partition coefficient (Wildman–Crippen LogP) is 6.15. The van der Waals surface area contributed by atoms with Gasteiger partial charge < -0.3 is 18.9 Å². The zero-order chi connectivity index (χ0) is 25.8. The van der Waals surface area contributed by atoms with Crippen LogP contribution in [0, 0.1) is 5.82 Å². The zero-order valence-corrected chi connectivity index (χ0v) is 20.9. The molecule has 0 radical (unpaired) electrons. The minimum atomic E-state index is -0.375. The van der Waals surface area contributed by atoms with E-state index in [9.17, 15) is 9.18 Å². The molecule has 0 saturated heterocycles. The Hall–Kier alpha value is -4.21. The first kappa shape index (κ1) is 24.5. The van der Waals surface area contributed by atoms with Gasteiger partial charge in [0.15, 0.2) is 11.9 Å². The maximum atomic E-state index is 14.2. The van der Waals surface area contributed by atoms with Crippen LogP contribution in [0.2, 0.25) is 0 Å². The second kappa shape index (κ2) is 10.8. The molecule has 0 fully saturated rings. The van der Waals surface area contributed by atoms with Crippen molar-refractivity contribution in [3.8, 4) is 39.6 Å². The van der Waals surface area contributed by atoms with Crippen LogP contribution in [0.1, 0.15) is 11.1 Å². The summed E-state index contributed by atoms with van der Waals surface area (Å²) in [5, 5.41) is 5.15. The van der Waals surface area contributed by atoms with E-state index in [0.717, 1.165) is 22.6 Å². The van der Waals surface area contributed by atoms with E-state index < -0.39 is 0 Å². The van der Waals surface area contributed by atoms with Gasteiger partial charge in [0, 0.05) is 33.7 Å². The Morgan fingerprint density at radius 3 is 2.68 bits per heavy atom. The number of carbonyl (C=O) groups is 1. The van der Waals surface area contributed by atoms with Crippen molar-refractivity contribution in [1.29, 1.82) is 0 Å². The Bertz CT molecular complexity index is 1470. The third-order valence-electron chi connectivity index (χ3n) is 5.75. The minimum Gasteiger partial charge on any atom is -0.497 e. The highest BCUT2D eigenvalue weighted by Gasteiger charge is 2.19. The van der Waals surface area contributed by atoms with E-state index in [4.69, 9.17) is 18.9 Å². The Morgan fingerprint density at radius 2 is 1.89 bits per heavy atom. The number of carbonyl (C=O) groups excluding carboxylic acids is 1. The van der Waals surface area contributed by atoms with E-state index in [-0.39, 0.29) is 25.1 Å². The number of amides is 1. The molecule has 0 unspecified atom stereocenters. The summed E-state index contributed by atoms with van der Waals surface area (Å²) in [6.45, 7) is 0.396. The normalized spacial score (nSPS) is 12.6.